The SMILES string of the molecule is C[C@H]1C[C@@]2(CCN1C(=O)OC(C)(C)C)OCC(O)c1sc(C(F)(F)F)cc12. The van der Waals surface area contributed by atoms with Crippen molar-refractivity contribution in [1.29, 1.82) is 0 Å². The van der Waals surface area contributed by atoms with Gasteiger partial charge in [0.1, 0.15) is 16.6 Å². The number of alkyl halides is 3. The number of aliphatic hydroxyl groups excluding tert-OH is 1. The van der Waals surface area contributed by atoms with Crippen LogP contribution < -0.4 is 0 Å². The lowest BCUT2D eigenvalue weighted by Crippen LogP contribution is -2.53. The number of halogens is 3. The Balaban J connectivity index is 1.86. The van der Waals surface area contributed by atoms with Crippen LogP contribution in [0.4, 0.5) is 18.0 Å². The average molecular weight is 407 g/mol. The van der Waals surface area contributed by atoms with Crippen LogP contribution in [0.5, 0.6) is 0 Å². The molecule has 1 saturated heterocycles. The number of carbonyl (C=O) groups is 1. The Morgan fingerprint density at radius 2 is 2.07 bits per heavy atom. The first-order chi connectivity index (χ1) is 12.3. The molecule has 0 bridgehead atoms. The molecule has 27 heavy (non-hydrogen) atoms. The maximum absolute atomic E-state index is 13.2. The van der Waals surface area contributed by atoms with E-state index in [-0.39, 0.29) is 12.6 Å². The quantitative estimate of drug-likeness (QED) is 0.691. The van der Waals surface area contributed by atoms with E-state index in [9.17, 15) is 23.1 Å². The summed E-state index contributed by atoms with van der Waals surface area (Å²) in [6.07, 6.45) is -5.27. The number of likely N-dealkylation sites (tertiary alicyclic amines) is 1. The Morgan fingerprint density at radius 3 is 2.63 bits per heavy atom. The molecular formula is C18H24F3NO4S. The van der Waals surface area contributed by atoms with Crippen LogP contribution >= 0.6 is 11.3 Å². The molecule has 3 atom stereocenters. The first kappa shape index (κ1) is 20.4. The molecule has 2 aliphatic heterocycles. The third-order valence-corrected chi connectivity index (χ3v) is 6.17. The Kier molecular flexibility index (Phi) is 5.01. The van der Waals surface area contributed by atoms with Crippen molar-refractivity contribution >= 4 is 17.4 Å². The van der Waals surface area contributed by atoms with Crippen molar-refractivity contribution in [3.05, 3.63) is 21.4 Å². The van der Waals surface area contributed by atoms with Crippen molar-refractivity contribution in [2.45, 2.75) is 70.1 Å². The molecule has 1 aromatic heterocycles. The molecule has 1 aromatic rings. The smallest absolute Gasteiger partial charge is 0.425 e. The minimum Gasteiger partial charge on any atom is -0.444 e. The largest absolute Gasteiger partial charge is 0.444 e. The number of rotatable bonds is 0. The van der Waals surface area contributed by atoms with E-state index >= 15 is 0 Å². The zero-order valence-corrected chi connectivity index (χ0v) is 16.5. The highest BCUT2D eigenvalue weighted by molar-refractivity contribution is 7.12. The number of carbonyl (C=O) groups excluding carboxylic acids is 1. The number of piperidine rings is 1. The first-order valence-corrected chi connectivity index (χ1v) is 9.67. The van der Waals surface area contributed by atoms with Crippen LogP contribution in [0.1, 0.15) is 62.0 Å². The van der Waals surface area contributed by atoms with E-state index in [1.54, 1.807) is 25.7 Å². The fourth-order valence-corrected chi connectivity index (χ4v) is 4.81. The van der Waals surface area contributed by atoms with Gasteiger partial charge in [-0.15, -0.1) is 11.3 Å². The standard InChI is InChI=1S/C18H24F3NO4S/c1-10-8-17(5-6-22(10)15(24)26-16(2,3)4)11-7-13(18(19,20)21)27-14(11)12(23)9-25-17/h7,10,12,23H,5-6,8-9H2,1-4H3/t10-,12?,17+/m0/s1. The second kappa shape index (κ2) is 6.63. The number of thiophene rings is 1. The Morgan fingerprint density at radius 1 is 1.41 bits per heavy atom. The predicted octanol–water partition coefficient (Wildman–Crippen LogP) is 4.45. The molecule has 9 heteroatoms. The van der Waals surface area contributed by atoms with Gasteiger partial charge in [-0.2, -0.15) is 13.2 Å². The minimum atomic E-state index is -4.47. The van der Waals surface area contributed by atoms with Gasteiger partial charge in [-0.3, -0.25) is 0 Å². The van der Waals surface area contributed by atoms with E-state index in [4.69, 9.17) is 9.47 Å². The number of nitrogens with zero attached hydrogens (tertiary/aromatic N) is 1. The van der Waals surface area contributed by atoms with Crippen LogP contribution in [0.15, 0.2) is 6.07 Å². The molecule has 0 saturated carbocycles. The molecule has 5 nitrogen and oxygen atoms in total. The lowest BCUT2D eigenvalue weighted by atomic mass is 9.79. The Bertz CT molecular complexity index is 727. The second-order valence-corrected chi connectivity index (χ2v) is 9.27. The van der Waals surface area contributed by atoms with E-state index in [1.165, 1.54) is 0 Å². The maximum Gasteiger partial charge on any atom is 0.425 e. The fraction of sp³-hybridized carbons (Fsp3) is 0.722. The van der Waals surface area contributed by atoms with Crippen LogP contribution in [0.2, 0.25) is 0 Å². The van der Waals surface area contributed by atoms with Crippen molar-refractivity contribution in [1.82, 2.24) is 4.90 Å². The van der Waals surface area contributed by atoms with Gasteiger partial charge in [0.2, 0.25) is 0 Å². The lowest BCUT2D eigenvalue weighted by Gasteiger charge is -2.47. The van der Waals surface area contributed by atoms with Gasteiger partial charge in [0.05, 0.1) is 12.2 Å². The normalized spacial score (nSPS) is 29.0. The molecule has 1 amide bonds. The van der Waals surface area contributed by atoms with E-state index in [0.29, 0.717) is 41.2 Å². The highest BCUT2D eigenvalue weighted by Crippen LogP contribution is 2.51. The van der Waals surface area contributed by atoms with Crippen LogP contribution in [0.25, 0.3) is 0 Å². The summed E-state index contributed by atoms with van der Waals surface area (Å²) >= 11 is 0.574. The van der Waals surface area contributed by atoms with Gasteiger partial charge in [-0.1, -0.05) is 0 Å². The first-order valence-electron chi connectivity index (χ1n) is 8.85. The van der Waals surface area contributed by atoms with Crippen molar-refractivity contribution in [3.63, 3.8) is 0 Å². The highest BCUT2D eigenvalue weighted by atomic mass is 32.1. The summed E-state index contributed by atoms with van der Waals surface area (Å²) in [5.41, 5.74) is -1.15. The van der Waals surface area contributed by atoms with Gasteiger partial charge < -0.3 is 19.5 Å². The topological polar surface area (TPSA) is 59.0 Å². The van der Waals surface area contributed by atoms with Crippen molar-refractivity contribution in [2.24, 2.45) is 0 Å². The van der Waals surface area contributed by atoms with Crippen molar-refractivity contribution in [3.8, 4) is 0 Å². The molecule has 2 aliphatic rings. The Hall–Kier alpha value is -1.32. The van der Waals surface area contributed by atoms with Crippen molar-refractivity contribution in [2.75, 3.05) is 13.2 Å². The van der Waals surface area contributed by atoms with Gasteiger partial charge in [0.15, 0.2) is 0 Å². The number of ether oxygens (including phenoxy) is 2. The minimum absolute atomic E-state index is 0.0516. The number of hydrogen-bond donors (Lipinski definition) is 1. The highest BCUT2D eigenvalue weighted by Gasteiger charge is 2.49. The summed E-state index contributed by atoms with van der Waals surface area (Å²) < 4.78 is 50.8. The molecule has 1 N–H and O–H groups in total. The molecule has 1 fully saturated rings. The molecule has 152 valence electrons. The molecule has 1 spiro atoms. The zero-order chi connectivity index (χ0) is 20.2. The lowest BCUT2D eigenvalue weighted by molar-refractivity contribution is -0.139. The summed E-state index contributed by atoms with van der Waals surface area (Å²) in [6.45, 7) is 7.43. The van der Waals surface area contributed by atoms with Gasteiger partial charge in [0, 0.05) is 29.4 Å². The molecule has 0 radical (unpaired) electrons. The van der Waals surface area contributed by atoms with Gasteiger partial charge in [-0.25, -0.2) is 4.79 Å². The van der Waals surface area contributed by atoms with Gasteiger partial charge in [-0.05, 0) is 40.2 Å². The predicted molar refractivity (Wildman–Crippen MR) is 93.5 cm³/mol. The number of fused-ring (bicyclic) bond motifs is 2. The molecule has 3 rings (SSSR count). The Labute approximate surface area is 160 Å². The van der Waals surface area contributed by atoms with E-state index in [0.717, 1.165) is 6.07 Å². The van der Waals surface area contributed by atoms with Crippen LogP contribution in [-0.2, 0) is 21.3 Å². The maximum atomic E-state index is 13.2. The molecular weight excluding hydrogens is 383 g/mol. The van der Waals surface area contributed by atoms with Crippen LogP contribution in [0.3, 0.4) is 0 Å². The molecule has 3 heterocycles. The monoisotopic (exact) mass is 407 g/mol. The van der Waals surface area contributed by atoms with Crippen LogP contribution in [-0.4, -0.2) is 40.9 Å². The fourth-order valence-electron chi connectivity index (χ4n) is 3.72. The number of hydrogen-bond acceptors (Lipinski definition) is 5. The summed E-state index contributed by atoms with van der Waals surface area (Å²) in [5.74, 6) is 0. The number of aliphatic hydroxyl groups is 1. The second-order valence-electron chi connectivity index (χ2n) is 8.18. The average Bonchev–Trinajstić information content (AvgIpc) is 2.97. The van der Waals surface area contributed by atoms with Crippen LogP contribution in [0, 0.1) is 0 Å². The third-order valence-electron chi connectivity index (χ3n) is 4.89. The van der Waals surface area contributed by atoms with E-state index in [1.807, 2.05) is 6.92 Å². The van der Waals surface area contributed by atoms with Gasteiger partial charge in [0.25, 0.3) is 0 Å². The van der Waals surface area contributed by atoms with E-state index in [2.05, 4.69) is 0 Å². The van der Waals surface area contributed by atoms with Crippen molar-refractivity contribution < 1.29 is 32.5 Å². The summed E-state index contributed by atoms with van der Waals surface area (Å²) in [4.78, 5) is 13.6. The third kappa shape index (κ3) is 3.95. The number of amides is 1. The summed E-state index contributed by atoms with van der Waals surface area (Å²) in [5, 5.41) is 10.1. The zero-order valence-electron chi connectivity index (χ0n) is 15.7. The van der Waals surface area contributed by atoms with Gasteiger partial charge >= 0.3 is 12.3 Å². The van der Waals surface area contributed by atoms with E-state index < -0.39 is 34.5 Å². The molecule has 0 aliphatic carbocycles. The summed E-state index contributed by atoms with van der Waals surface area (Å²) in [7, 11) is 0. The molecule has 1 unspecified atom stereocenters. The summed E-state index contributed by atoms with van der Waals surface area (Å²) in [6, 6.07) is 0.823. The molecule has 0 aromatic carbocycles.